The average Bonchev–Trinajstić information content (AvgIpc) is 3.29. The first kappa shape index (κ1) is 20.8. The van der Waals surface area contributed by atoms with Gasteiger partial charge in [0.1, 0.15) is 5.82 Å². The third kappa shape index (κ3) is 3.40. The van der Waals surface area contributed by atoms with Gasteiger partial charge in [0.25, 0.3) is 5.91 Å². The minimum absolute atomic E-state index is 0.00860. The molecule has 170 valence electrons. The van der Waals surface area contributed by atoms with E-state index in [2.05, 4.69) is 35.6 Å². The molecule has 1 amide bonds. The minimum atomic E-state index is -0.0368. The van der Waals surface area contributed by atoms with Gasteiger partial charge in [-0.15, -0.1) is 0 Å². The van der Waals surface area contributed by atoms with Crippen molar-refractivity contribution in [3.63, 3.8) is 0 Å². The summed E-state index contributed by atoms with van der Waals surface area (Å²) < 4.78 is 3.46. The van der Waals surface area contributed by atoms with Crippen LogP contribution in [0.3, 0.4) is 0 Å². The van der Waals surface area contributed by atoms with Crippen LogP contribution in [0, 0.1) is 12.3 Å². The molecule has 0 spiro atoms. The van der Waals surface area contributed by atoms with Crippen molar-refractivity contribution in [1.29, 1.82) is 0 Å². The first-order valence-corrected chi connectivity index (χ1v) is 11.3. The molecule has 0 aliphatic carbocycles. The zero-order valence-corrected chi connectivity index (χ0v) is 19.4. The SMILES string of the molecule is Cc1cnc(C(=O)N2CC3CCC2CN3c2ccc3c(n2)n(C)c(=O)n3CC(C)(C)C)[nH]1. The van der Waals surface area contributed by atoms with Crippen molar-refractivity contribution in [1.82, 2.24) is 29.0 Å². The maximum Gasteiger partial charge on any atom is 0.330 e. The van der Waals surface area contributed by atoms with Crippen LogP contribution < -0.4 is 10.6 Å². The largest absolute Gasteiger partial charge is 0.350 e. The van der Waals surface area contributed by atoms with Crippen LogP contribution in [0.15, 0.2) is 23.1 Å². The Kier molecular flexibility index (Phi) is 4.69. The summed E-state index contributed by atoms with van der Waals surface area (Å²) in [6, 6.07) is 4.37. The fourth-order valence-electron chi connectivity index (χ4n) is 5.07. The average molecular weight is 438 g/mol. The van der Waals surface area contributed by atoms with Gasteiger partial charge < -0.3 is 14.8 Å². The molecule has 3 aromatic rings. The molecule has 3 aliphatic heterocycles. The molecule has 0 radical (unpaired) electrons. The molecule has 6 heterocycles. The van der Waals surface area contributed by atoms with Crippen LogP contribution in [0.1, 0.15) is 49.9 Å². The number of piperazine rings is 1. The molecule has 0 aromatic carbocycles. The highest BCUT2D eigenvalue weighted by Crippen LogP contribution is 2.33. The molecule has 3 fully saturated rings. The number of hydrogen-bond donors (Lipinski definition) is 1. The smallest absolute Gasteiger partial charge is 0.330 e. The van der Waals surface area contributed by atoms with E-state index in [-0.39, 0.29) is 29.1 Å². The van der Waals surface area contributed by atoms with Gasteiger partial charge in [0.15, 0.2) is 11.5 Å². The monoisotopic (exact) mass is 437 g/mol. The highest BCUT2D eigenvalue weighted by Gasteiger charge is 2.42. The molecular weight excluding hydrogens is 406 g/mol. The Labute approximate surface area is 187 Å². The quantitative estimate of drug-likeness (QED) is 0.679. The van der Waals surface area contributed by atoms with Crippen molar-refractivity contribution in [2.24, 2.45) is 12.5 Å². The van der Waals surface area contributed by atoms with Crippen LogP contribution in [-0.4, -0.2) is 60.1 Å². The van der Waals surface area contributed by atoms with Gasteiger partial charge in [0, 0.05) is 50.7 Å². The first-order valence-electron chi connectivity index (χ1n) is 11.3. The fraction of sp³-hybridized carbons (Fsp3) is 0.565. The van der Waals surface area contributed by atoms with Gasteiger partial charge in [-0.3, -0.25) is 13.9 Å². The van der Waals surface area contributed by atoms with Gasteiger partial charge in [-0.1, -0.05) is 20.8 Å². The highest BCUT2D eigenvalue weighted by molar-refractivity contribution is 5.91. The lowest BCUT2D eigenvalue weighted by Crippen LogP contribution is -2.64. The van der Waals surface area contributed by atoms with E-state index in [9.17, 15) is 9.59 Å². The summed E-state index contributed by atoms with van der Waals surface area (Å²) in [7, 11) is 1.79. The van der Waals surface area contributed by atoms with Crippen molar-refractivity contribution in [3.8, 4) is 0 Å². The number of anilines is 1. The van der Waals surface area contributed by atoms with Crippen LogP contribution in [0.4, 0.5) is 5.82 Å². The van der Waals surface area contributed by atoms with E-state index in [1.807, 2.05) is 28.5 Å². The number of nitrogens with one attached hydrogen (secondary N) is 1. The molecule has 3 aromatic heterocycles. The Morgan fingerprint density at radius 3 is 2.56 bits per heavy atom. The van der Waals surface area contributed by atoms with E-state index in [4.69, 9.17) is 4.98 Å². The van der Waals surface area contributed by atoms with Gasteiger partial charge in [0.05, 0.1) is 5.52 Å². The summed E-state index contributed by atoms with van der Waals surface area (Å²) in [5.41, 5.74) is 2.41. The van der Waals surface area contributed by atoms with Crippen LogP contribution in [-0.2, 0) is 13.6 Å². The Hall–Kier alpha value is -3.10. The number of aryl methyl sites for hydroxylation is 2. The van der Waals surface area contributed by atoms with Crippen molar-refractivity contribution >= 4 is 22.9 Å². The topological polar surface area (TPSA) is 92.1 Å². The molecule has 9 nitrogen and oxygen atoms in total. The van der Waals surface area contributed by atoms with Crippen molar-refractivity contribution in [2.75, 3.05) is 18.0 Å². The standard InChI is InChI=1S/C23H31N7O2/c1-14-10-24-19(25-14)21(31)29-12-15-6-7-16(29)11-28(15)18-9-8-17-20(26-18)27(5)22(32)30(17)13-23(2,3)4/h8-10,15-16H,6-7,11-13H2,1-5H3,(H,24,25). The van der Waals surface area contributed by atoms with Crippen LogP contribution in [0.25, 0.3) is 11.2 Å². The molecule has 2 atom stereocenters. The lowest BCUT2D eigenvalue weighted by Gasteiger charge is -2.51. The number of imidazole rings is 2. The minimum Gasteiger partial charge on any atom is -0.350 e. The van der Waals surface area contributed by atoms with Crippen LogP contribution >= 0.6 is 0 Å². The summed E-state index contributed by atoms with van der Waals surface area (Å²) in [5, 5.41) is 0. The molecule has 32 heavy (non-hydrogen) atoms. The summed E-state index contributed by atoms with van der Waals surface area (Å²) in [6.45, 7) is 10.3. The Bertz CT molecular complexity index is 1250. The summed E-state index contributed by atoms with van der Waals surface area (Å²) in [5.74, 6) is 1.26. The second kappa shape index (κ2) is 7.21. The second-order valence-corrected chi connectivity index (χ2v) is 10.4. The Morgan fingerprint density at radius 1 is 1.19 bits per heavy atom. The van der Waals surface area contributed by atoms with E-state index < -0.39 is 0 Å². The number of nitrogens with zero attached hydrogens (tertiary/aromatic N) is 6. The predicted molar refractivity (Wildman–Crippen MR) is 123 cm³/mol. The Balaban J connectivity index is 1.43. The molecule has 9 heteroatoms. The van der Waals surface area contributed by atoms with Crippen LogP contribution in [0.2, 0.25) is 0 Å². The summed E-state index contributed by atoms with van der Waals surface area (Å²) in [4.78, 5) is 42.3. The van der Waals surface area contributed by atoms with Crippen molar-refractivity contribution in [2.45, 2.75) is 59.2 Å². The number of pyridine rings is 1. The van der Waals surface area contributed by atoms with E-state index in [0.29, 0.717) is 24.6 Å². The predicted octanol–water partition coefficient (Wildman–Crippen LogP) is 2.31. The lowest BCUT2D eigenvalue weighted by atomic mass is 9.90. The number of aromatic amines is 1. The fourth-order valence-corrected chi connectivity index (χ4v) is 5.07. The molecular formula is C23H31N7O2. The number of carbonyl (C=O) groups excluding carboxylic acids is 1. The molecule has 3 aliphatic rings. The van der Waals surface area contributed by atoms with E-state index in [0.717, 1.165) is 36.4 Å². The highest BCUT2D eigenvalue weighted by atomic mass is 16.2. The number of rotatable bonds is 3. The summed E-state index contributed by atoms with van der Waals surface area (Å²) >= 11 is 0. The van der Waals surface area contributed by atoms with Crippen LogP contribution in [0.5, 0.6) is 0 Å². The number of piperidine rings is 2. The van der Waals surface area contributed by atoms with Gasteiger partial charge in [-0.2, -0.15) is 0 Å². The number of amides is 1. The maximum atomic E-state index is 13.0. The van der Waals surface area contributed by atoms with E-state index in [1.54, 1.807) is 17.8 Å². The Morgan fingerprint density at radius 2 is 1.94 bits per heavy atom. The molecule has 1 N–H and O–H groups in total. The number of aromatic nitrogens is 5. The van der Waals surface area contributed by atoms with E-state index >= 15 is 0 Å². The molecule has 2 bridgehead atoms. The normalized spacial score (nSPS) is 21.0. The van der Waals surface area contributed by atoms with Gasteiger partial charge in [-0.25, -0.2) is 14.8 Å². The number of H-pyrrole nitrogens is 1. The van der Waals surface area contributed by atoms with Gasteiger partial charge >= 0.3 is 5.69 Å². The third-order valence-corrected chi connectivity index (χ3v) is 6.59. The van der Waals surface area contributed by atoms with Crippen molar-refractivity contribution < 1.29 is 4.79 Å². The van der Waals surface area contributed by atoms with Gasteiger partial charge in [0.2, 0.25) is 0 Å². The third-order valence-electron chi connectivity index (χ3n) is 6.59. The molecule has 6 rings (SSSR count). The number of hydrogen-bond acceptors (Lipinski definition) is 5. The molecule has 2 unspecified atom stereocenters. The number of carbonyl (C=O) groups is 1. The van der Waals surface area contributed by atoms with Gasteiger partial charge in [-0.05, 0) is 37.3 Å². The van der Waals surface area contributed by atoms with E-state index in [1.165, 1.54) is 0 Å². The first-order chi connectivity index (χ1) is 15.1. The zero-order valence-electron chi connectivity index (χ0n) is 19.4. The van der Waals surface area contributed by atoms with Crippen molar-refractivity contribution in [3.05, 3.63) is 40.3 Å². The zero-order chi connectivity index (χ0) is 22.8. The second-order valence-electron chi connectivity index (χ2n) is 10.4. The summed E-state index contributed by atoms with van der Waals surface area (Å²) in [6.07, 6.45) is 3.70. The molecule has 0 saturated carbocycles. The lowest BCUT2D eigenvalue weighted by molar-refractivity contribution is 0.0493. The molecule has 3 saturated heterocycles. The number of fused-ring (bicyclic) bond motifs is 4. The maximum absolute atomic E-state index is 13.0.